The summed E-state index contributed by atoms with van der Waals surface area (Å²) >= 11 is 6.62. The van der Waals surface area contributed by atoms with Crippen LogP contribution in [0.5, 0.6) is 0 Å². The smallest absolute Gasteiger partial charge is 0.270 e. The van der Waals surface area contributed by atoms with Crippen molar-refractivity contribution in [3.63, 3.8) is 0 Å². The molecule has 10 heteroatoms. The molecule has 0 bridgehead atoms. The Morgan fingerprint density at radius 3 is 2.24 bits per heavy atom. The lowest BCUT2D eigenvalue weighted by Crippen LogP contribution is -2.49. The molecule has 9 nitrogen and oxygen atoms in total. The minimum absolute atomic E-state index is 0.122. The minimum atomic E-state index is -0.485. The molecule has 2 aliphatic rings. The maximum Gasteiger partial charge on any atom is 0.270 e. The molecule has 2 aliphatic heterocycles. The maximum atomic E-state index is 13.3. The van der Waals surface area contributed by atoms with E-state index < -0.39 is 10.8 Å². The van der Waals surface area contributed by atoms with Crippen LogP contribution < -0.4 is 15.1 Å². The number of amides is 2. The van der Waals surface area contributed by atoms with Crippen LogP contribution in [-0.4, -0.2) is 60.9 Å². The van der Waals surface area contributed by atoms with E-state index in [-0.39, 0.29) is 17.2 Å². The molecule has 0 aliphatic carbocycles. The second-order valence-electron chi connectivity index (χ2n) is 10.7. The highest BCUT2D eigenvalue weighted by Crippen LogP contribution is 2.32. The van der Waals surface area contributed by atoms with Gasteiger partial charge < -0.3 is 20.0 Å². The van der Waals surface area contributed by atoms with E-state index in [0.717, 1.165) is 31.6 Å². The first-order valence-electron chi connectivity index (χ1n) is 13.3. The Bertz CT molecular complexity index is 1190. The normalized spacial score (nSPS) is 16.6. The van der Waals surface area contributed by atoms with Crippen LogP contribution in [0.15, 0.2) is 36.4 Å². The van der Waals surface area contributed by atoms with E-state index in [2.05, 4.69) is 22.0 Å². The maximum absolute atomic E-state index is 13.3. The van der Waals surface area contributed by atoms with Crippen molar-refractivity contribution in [2.24, 2.45) is 11.8 Å². The highest BCUT2D eigenvalue weighted by Gasteiger charge is 2.25. The number of halogens is 1. The largest absolute Gasteiger partial charge is 0.371 e. The van der Waals surface area contributed by atoms with E-state index in [4.69, 9.17) is 11.6 Å². The molecule has 0 spiro atoms. The fourth-order valence-corrected chi connectivity index (χ4v) is 5.36. The summed E-state index contributed by atoms with van der Waals surface area (Å²) in [6.45, 7) is 10.6. The van der Waals surface area contributed by atoms with Gasteiger partial charge in [0, 0.05) is 63.5 Å². The van der Waals surface area contributed by atoms with Crippen molar-refractivity contribution in [2.75, 3.05) is 54.4 Å². The number of nitrogens with one attached hydrogen (secondary N) is 1. The number of non-ortho nitro benzene ring substituents is 1. The quantitative estimate of drug-likeness (QED) is 0.370. The van der Waals surface area contributed by atoms with Crippen molar-refractivity contribution < 1.29 is 14.5 Å². The van der Waals surface area contributed by atoms with Gasteiger partial charge in [-0.05, 0) is 48.9 Å². The van der Waals surface area contributed by atoms with Crippen molar-refractivity contribution in [2.45, 2.75) is 40.0 Å². The van der Waals surface area contributed by atoms with Gasteiger partial charge in [0.2, 0.25) is 5.91 Å². The number of nitrogens with zero attached hydrogens (tertiary/aromatic N) is 4. The van der Waals surface area contributed by atoms with E-state index in [1.54, 1.807) is 18.2 Å². The van der Waals surface area contributed by atoms with Gasteiger partial charge in [0.05, 0.1) is 26.9 Å². The molecular formula is C28H36ClN5O4. The summed E-state index contributed by atoms with van der Waals surface area (Å²) < 4.78 is 0. The van der Waals surface area contributed by atoms with Crippen molar-refractivity contribution in [1.82, 2.24) is 4.90 Å². The van der Waals surface area contributed by atoms with Gasteiger partial charge in [-0.3, -0.25) is 19.7 Å². The molecule has 0 saturated carbocycles. The fourth-order valence-electron chi connectivity index (χ4n) is 5.06. The third-order valence-electron chi connectivity index (χ3n) is 7.32. The minimum Gasteiger partial charge on any atom is -0.371 e. The van der Waals surface area contributed by atoms with E-state index in [9.17, 15) is 19.7 Å². The van der Waals surface area contributed by atoms with Gasteiger partial charge in [-0.1, -0.05) is 32.4 Å². The first-order chi connectivity index (χ1) is 18.1. The fraction of sp³-hybridized carbons (Fsp3) is 0.500. The second-order valence-corrected chi connectivity index (χ2v) is 11.1. The number of piperazine rings is 1. The summed E-state index contributed by atoms with van der Waals surface area (Å²) in [5, 5.41) is 14.8. The number of carbonyl (C=O) groups is 2. The van der Waals surface area contributed by atoms with Crippen LogP contribution >= 0.6 is 11.6 Å². The van der Waals surface area contributed by atoms with Crippen LogP contribution in [0, 0.1) is 22.0 Å². The van der Waals surface area contributed by atoms with Crippen LogP contribution in [0.2, 0.25) is 5.02 Å². The molecule has 0 unspecified atom stereocenters. The summed E-state index contributed by atoms with van der Waals surface area (Å²) in [5.41, 5.74) is 2.21. The van der Waals surface area contributed by atoms with E-state index in [0.29, 0.717) is 60.8 Å². The number of nitro groups is 1. The molecule has 2 aromatic rings. The highest BCUT2D eigenvalue weighted by atomic mass is 35.5. The molecule has 0 aromatic heterocycles. The van der Waals surface area contributed by atoms with Gasteiger partial charge in [-0.2, -0.15) is 0 Å². The summed E-state index contributed by atoms with van der Waals surface area (Å²) in [5.74, 6) is 0.719. The van der Waals surface area contributed by atoms with E-state index >= 15 is 0 Å². The standard InChI is InChI=1S/C28H36ClN5O4/c1-19(2)16-27(35)33-14-12-32(13-15-33)26-6-4-21(17-24(26)29)30-28(36)23-18-22(34(37)38)5-7-25(23)31-10-8-20(3)9-11-31/h4-7,17-20H,8-16H2,1-3H3,(H,30,36). The number of carbonyl (C=O) groups excluding carboxylic acids is 2. The van der Waals surface area contributed by atoms with Crippen LogP contribution in [0.3, 0.4) is 0 Å². The Labute approximate surface area is 228 Å². The number of anilines is 3. The topological polar surface area (TPSA) is 99.0 Å². The molecule has 38 heavy (non-hydrogen) atoms. The first kappa shape index (κ1) is 27.7. The van der Waals surface area contributed by atoms with Crippen molar-refractivity contribution in [3.05, 3.63) is 57.1 Å². The molecule has 2 amide bonds. The third kappa shape index (κ3) is 6.56. The lowest BCUT2D eigenvalue weighted by Gasteiger charge is -2.37. The molecule has 2 fully saturated rings. The molecule has 2 saturated heterocycles. The van der Waals surface area contributed by atoms with Crippen LogP contribution in [0.1, 0.15) is 50.4 Å². The molecule has 2 heterocycles. The van der Waals surface area contributed by atoms with Gasteiger partial charge >= 0.3 is 0 Å². The second kappa shape index (κ2) is 12.0. The zero-order chi connectivity index (χ0) is 27.4. The van der Waals surface area contributed by atoms with E-state index in [1.165, 1.54) is 12.1 Å². The lowest BCUT2D eigenvalue weighted by molar-refractivity contribution is -0.384. The zero-order valence-electron chi connectivity index (χ0n) is 22.3. The number of rotatable bonds is 7. The van der Waals surface area contributed by atoms with Crippen molar-refractivity contribution in [3.8, 4) is 0 Å². The summed E-state index contributed by atoms with van der Waals surface area (Å²) in [7, 11) is 0. The van der Waals surface area contributed by atoms with Gasteiger partial charge in [-0.25, -0.2) is 0 Å². The predicted octanol–water partition coefficient (Wildman–Crippen LogP) is 5.43. The van der Waals surface area contributed by atoms with Crippen LogP contribution in [0.4, 0.5) is 22.7 Å². The molecule has 1 N–H and O–H groups in total. The molecule has 0 atom stereocenters. The van der Waals surface area contributed by atoms with Crippen molar-refractivity contribution in [1.29, 1.82) is 0 Å². The number of hydrogen-bond donors (Lipinski definition) is 1. The zero-order valence-corrected chi connectivity index (χ0v) is 23.0. The molecule has 2 aromatic carbocycles. The molecule has 204 valence electrons. The summed E-state index contributed by atoms with van der Waals surface area (Å²) in [6.07, 6.45) is 2.57. The van der Waals surface area contributed by atoms with Crippen LogP contribution in [-0.2, 0) is 4.79 Å². The molecular weight excluding hydrogens is 506 g/mol. The van der Waals surface area contributed by atoms with Crippen molar-refractivity contribution >= 4 is 46.2 Å². The Morgan fingerprint density at radius 1 is 1.00 bits per heavy atom. The highest BCUT2D eigenvalue weighted by molar-refractivity contribution is 6.33. The number of piperidine rings is 1. The number of nitro benzene ring substituents is 1. The van der Waals surface area contributed by atoms with Crippen LogP contribution in [0.25, 0.3) is 0 Å². The lowest BCUT2D eigenvalue weighted by atomic mass is 9.98. The van der Waals surface area contributed by atoms with Gasteiger partial charge in [0.15, 0.2) is 0 Å². The van der Waals surface area contributed by atoms with E-state index in [1.807, 2.05) is 24.8 Å². The SMILES string of the molecule is CC(C)CC(=O)N1CCN(c2ccc(NC(=O)c3cc([N+](=O)[O-])ccc3N3CCC(C)CC3)cc2Cl)CC1. The number of benzene rings is 2. The Morgan fingerprint density at radius 2 is 1.63 bits per heavy atom. The number of hydrogen-bond acceptors (Lipinski definition) is 6. The first-order valence-corrected chi connectivity index (χ1v) is 13.7. The predicted molar refractivity (Wildman–Crippen MR) is 151 cm³/mol. The molecule has 4 rings (SSSR count). The Balaban J connectivity index is 1.46. The average Bonchev–Trinajstić information content (AvgIpc) is 2.88. The average molecular weight is 542 g/mol. The Kier molecular flexibility index (Phi) is 8.76. The molecule has 0 radical (unpaired) electrons. The van der Waals surface area contributed by atoms with Gasteiger partial charge in [0.1, 0.15) is 0 Å². The van der Waals surface area contributed by atoms with Gasteiger partial charge in [-0.15, -0.1) is 0 Å². The van der Waals surface area contributed by atoms with Gasteiger partial charge in [0.25, 0.3) is 11.6 Å². The summed E-state index contributed by atoms with van der Waals surface area (Å²) in [4.78, 5) is 42.8. The summed E-state index contributed by atoms with van der Waals surface area (Å²) in [6, 6.07) is 9.82. The Hall–Kier alpha value is -3.33. The third-order valence-corrected chi connectivity index (χ3v) is 7.62. The monoisotopic (exact) mass is 541 g/mol.